The van der Waals surface area contributed by atoms with E-state index in [1.165, 1.54) is 7.11 Å². The predicted molar refractivity (Wildman–Crippen MR) is 75.8 cm³/mol. The maximum atomic E-state index is 11.4. The van der Waals surface area contributed by atoms with Gasteiger partial charge in [-0.05, 0) is 0 Å². The molecule has 0 aromatic rings. The van der Waals surface area contributed by atoms with E-state index in [-0.39, 0.29) is 5.32 Å². The van der Waals surface area contributed by atoms with Crippen LogP contribution in [0.25, 0.3) is 0 Å². The van der Waals surface area contributed by atoms with Gasteiger partial charge in [-0.2, -0.15) is 0 Å². The Balaban J connectivity index is 3.23. The Bertz CT molecular complexity index is 507. The Kier molecular flexibility index (Phi) is 7.91. The average Bonchev–Trinajstić information content (AvgIpc) is 2.42. The molecule has 0 spiro atoms. The van der Waals surface area contributed by atoms with E-state index in [9.17, 15) is 22.4 Å². The van der Waals surface area contributed by atoms with Crippen LogP contribution >= 0.6 is 0 Å². The zero-order valence-corrected chi connectivity index (χ0v) is 15.3. The van der Waals surface area contributed by atoms with Crippen LogP contribution in [0.1, 0.15) is 20.8 Å². The van der Waals surface area contributed by atoms with Gasteiger partial charge in [-0.3, -0.25) is 0 Å². The number of esters is 3. The van der Waals surface area contributed by atoms with Crippen LogP contribution in [0.5, 0.6) is 0 Å². The third-order valence-corrected chi connectivity index (χ3v) is 4.32. The summed E-state index contributed by atoms with van der Waals surface area (Å²) in [6.45, 7) is 3.38. The summed E-state index contributed by atoms with van der Waals surface area (Å²) in [6.07, 6.45) is -5.91. The fourth-order valence-corrected chi connectivity index (χ4v) is 3.47. The molecule has 0 bridgehead atoms. The molecule has 6 atom stereocenters. The van der Waals surface area contributed by atoms with Crippen molar-refractivity contribution in [1.29, 1.82) is 0 Å². The number of ether oxygens (including phenoxy) is 5. The second-order valence-electron chi connectivity index (χ2n) is 4.99. The molecule has 1 heterocycles. The topological polar surface area (TPSA) is 135 Å². The molecule has 0 saturated carbocycles. The molecule has 1 saturated heterocycles. The first-order valence-electron chi connectivity index (χ1n) is 6.93. The Labute approximate surface area is 142 Å². The van der Waals surface area contributed by atoms with Gasteiger partial charge in [0, 0.05) is 0 Å². The SMILES string of the molecule is CO[C@H]1O[C@H](C[Se](=O)O)[C@@H](OC(C)=O)[C@H](OC(C)=O)[C@H]1OC(C)=O. The number of rotatable bonds is 6. The summed E-state index contributed by atoms with van der Waals surface area (Å²) in [4.78, 5) is 34.1. The van der Waals surface area contributed by atoms with Crippen molar-refractivity contribution in [2.75, 3.05) is 7.11 Å². The third-order valence-electron chi connectivity index (χ3n) is 3.04. The molecule has 10 nitrogen and oxygen atoms in total. The second-order valence-corrected chi connectivity index (χ2v) is 7.04. The van der Waals surface area contributed by atoms with Crippen LogP contribution in [0.15, 0.2) is 0 Å². The van der Waals surface area contributed by atoms with Crippen molar-refractivity contribution in [2.45, 2.75) is 56.8 Å². The Hall–Kier alpha value is -1.39. The van der Waals surface area contributed by atoms with E-state index in [0.29, 0.717) is 0 Å². The van der Waals surface area contributed by atoms with Gasteiger partial charge in [0.2, 0.25) is 0 Å². The maximum absolute atomic E-state index is 11.4. The Morgan fingerprint density at radius 2 is 1.42 bits per heavy atom. The van der Waals surface area contributed by atoms with Crippen LogP contribution in [-0.2, 0) is 41.9 Å². The molecule has 1 fully saturated rings. The first-order valence-corrected chi connectivity index (χ1v) is 9.60. The standard InChI is InChI=1S/C13H20O10Se/c1-6(14)20-10-9(5-24(17)18)23-13(19-4)12(22-8(3)16)11(10)21-7(2)15/h9-13H,5H2,1-4H3,(H,17,18)/t9-,10-,11+,12-,13+/m1/s1. The minimum atomic E-state index is -3.22. The van der Waals surface area contributed by atoms with Crippen LogP contribution in [0.2, 0.25) is 5.32 Å². The van der Waals surface area contributed by atoms with Crippen LogP contribution < -0.4 is 0 Å². The molecule has 0 aromatic carbocycles. The van der Waals surface area contributed by atoms with E-state index < -0.39 is 62.8 Å². The second kappa shape index (κ2) is 9.19. The van der Waals surface area contributed by atoms with Crippen LogP contribution in [0.4, 0.5) is 0 Å². The molecule has 24 heavy (non-hydrogen) atoms. The summed E-state index contributed by atoms with van der Waals surface area (Å²) in [5.41, 5.74) is 0. The Morgan fingerprint density at radius 3 is 1.83 bits per heavy atom. The third kappa shape index (κ3) is 5.91. The molecular formula is C13H20O10Se. The van der Waals surface area contributed by atoms with Gasteiger partial charge >= 0.3 is 142 Å². The molecule has 0 amide bonds. The van der Waals surface area contributed by atoms with E-state index in [4.69, 9.17) is 23.7 Å². The molecule has 1 rings (SSSR count). The van der Waals surface area contributed by atoms with Crippen LogP contribution in [-0.4, -0.2) is 74.1 Å². The van der Waals surface area contributed by atoms with Gasteiger partial charge in [-0.1, -0.05) is 0 Å². The number of hydrogen-bond acceptors (Lipinski definition) is 9. The van der Waals surface area contributed by atoms with Gasteiger partial charge < -0.3 is 0 Å². The van der Waals surface area contributed by atoms with E-state index in [2.05, 4.69) is 0 Å². The molecule has 11 heteroatoms. The van der Waals surface area contributed by atoms with E-state index >= 15 is 0 Å². The van der Waals surface area contributed by atoms with E-state index in [1.807, 2.05) is 0 Å². The van der Waals surface area contributed by atoms with Crippen molar-refractivity contribution in [3.63, 3.8) is 0 Å². The van der Waals surface area contributed by atoms with Gasteiger partial charge in [-0.25, -0.2) is 0 Å². The fraction of sp³-hybridized carbons (Fsp3) is 0.769. The number of carbonyl (C=O) groups excluding carboxylic acids is 3. The van der Waals surface area contributed by atoms with Gasteiger partial charge in [0.15, 0.2) is 0 Å². The summed E-state index contributed by atoms with van der Waals surface area (Å²) in [5.74, 6) is -2.13. The normalized spacial score (nSPS) is 31.0. The number of carbonyl (C=O) groups is 3. The van der Waals surface area contributed by atoms with Gasteiger partial charge in [-0.15, -0.1) is 0 Å². The Morgan fingerprint density at radius 1 is 0.958 bits per heavy atom. The van der Waals surface area contributed by atoms with Crippen molar-refractivity contribution in [3.8, 4) is 0 Å². The summed E-state index contributed by atoms with van der Waals surface area (Å²) in [6, 6.07) is 0. The van der Waals surface area contributed by atoms with E-state index in [0.717, 1.165) is 20.8 Å². The zero-order valence-electron chi connectivity index (χ0n) is 13.6. The minimum absolute atomic E-state index is 0.331. The molecule has 1 aliphatic heterocycles. The van der Waals surface area contributed by atoms with Gasteiger partial charge in [0.25, 0.3) is 0 Å². The van der Waals surface area contributed by atoms with Crippen LogP contribution in [0, 0.1) is 0 Å². The summed E-state index contributed by atoms with van der Waals surface area (Å²) in [7, 11) is 1.26. The van der Waals surface area contributed by atoms with Gasteiger partial charge in [0.1, 0.15) is 0 Å². The first kappa shape index (κ1) is 20.7. The molecular weight excluding hydrogens is 395 g/mol. The van der Waals surface area contributed by atoms with Crippen molar-refractivity contribution in [3.05, 3.63) is 0 Å². The molecule has 0 radical (unpaired) electrons. The summed E-state index contributed by atoms with van der Waals surface area (Å²) in [5, 5.41) is -0.331. The first-order chi connectivity index (χ1) is 11.1. The zero-order chi connectivity index (χ0) is 18.4. The predicted octanol–water partition coefficient (Wildman–Crippen LogP) is -0.936. The fourth-order valence-electron chi connectivity index (χ4n) is 2.32. The van der Waals surface area contributed by atoms with Crippen molar-refractivity contribution < 1.29 is 46.1 Å². The van der Waals surface area contributed by atoms with Crippen molar-refractivity contribution >= 4 is 32.1 Å². The molecule has 138 valence electrons. The van der Waals surface area contributed by atoms with Crippen LogP contribution in [0.3, 0.4) is 0 Å². The molecule has 1 N–H and O–H groups in total. The van der Waals surface area contributed by atoms with Crippen molar-refractivity contribution in [1.82, 2.24) is 0 Å². The van der Waals surface area contributed by atoms with Crippen molar-refractivity contribution in [2.24, 2.45) is 0 Å². The van der Waals surface area contributed by atoms with E-state index in [1.54, 1.807) is 0 Å². The number of hydrogen-bond donors (Lipinski definition) is 1. The summed E-state index contributed by atoms with van der Waals surface area (Å²) >= 11 is -3.22. The monoisotopic (exact) mass is 416 g/mol. The molecule has 0 aliphatic carbocycles. The molecule has 1 aliphatic rings. The molecule has 1 unspecified atom stereocenters. The van der Waals surface area contributed by atoms with Gasteiger partial charge in [0.05, 0.1) is 0 Å². The average molecular weight is 415 g/mol. The quantitative estimate of drug-likeness (QED) is 0.329. The summed E-state index contributed by atoms with van der Waals surface area (Å²) < 4.78 is 46.3. The molecule has 0 aromatic heterocycles. The number of methoxy groups -OCH3 is 1.